The van der Waals surface area contributed by atoms with Gasteiger partial charge in [0, 0.05) is 16.5 Å². The maximum absolute atomic E-state index is 12.4. The van der Waals surface area contributed by atoms with Crippen molar-refractivity contribution in [3.8, 4) is 0 Å². The molecule has 1 heterocycles. The van der Waals surface area contributed by atoms with Crippen LogP contribution in [0.5, 0.6) is 0 Å². The first-order valence-corrected chi connectivity index (χ1v) is 11.1. The number of hydrogen-bond donors (Lipinski definition) is 1. The lowest BCUT2D eigenvalue weighted by Crippen LogP contribution is -2.21. The lowest BCUT2D eigenvalue weighted by molar-refractivity contribution is -0.119. The average molecular weight is 455 g/mol. The van der Waals surface area contributed by atoms with E-state index in [4.69, 9.17) is 27.9 Å². The highest BCUT2D eigenvalue weighted by molar-refractivity contribution is 8.38. The molecule has 0 spiro atoms. The number of nitrogens with zero attached hydrogens (tertiary/aromatic N) is 1. The Balaban J connectivity index is 1.56. The van der Waals surface area contributed by atoms with Crippen molar-refractivity contribution in [2.24, 2.45) is 4.99 Å². The lowest BCUT2D eigenvalue weighted by atomic mass is 10.1. The molecule has 3 rings (SSSR count). The second-order valence-electron chi connectivity index (χ2n) is 5.69. The highest BCUT2D eigenvalue weighted by Crippen LogP contribution is 2.27. The van der Waals surface area contributed by atoms with Gasteiger partial charge >= 0.3 is 5.97 Å². The van der Waals surface area contributed by atoms with Gasteiger partial charge in [-0.2, -0.15) is 0 Å². The molecule has 5 nitrogen and oxygen atoms in total. The number of esters is 1. The van der Waals surface area contributed by atoms with E-state index in [-0.39, 0.29) is 0 Å². The van der Waals surface area contributed by atoms with Crippen LogP contribution in [0.3, 0.4) is 0 Å². The van der Waals surface area contributed by atoms with E-state index < -0.39 is 18.5 Å². The average Bonchev–Trinajstić information content (AvgIpc) is 3.20. The summed E-state index contributed by atoms with van der Waals surface area (Å²) in [5.74, 6) is 0.582. The van der Waals surface area contributed by atoms with Gasteiger partial charge in [0.25, 0.3) is 5.91 Å². The minimum Gasteiger partial charge on any atom is -0.452 e. The molecule has 1 N–H and O–H groups in total. The molecule has 1 aliphatic heterocycles. The van der Waals surface area contributed by atoms with Crippen LogP contribution in [0, 0.1) is 0 Å². The molecule has 2 aromatic rings. The predicted octanol–water partition coefficient (Wildman–Crippen LogP) is 5.12. The number of ether oxygens (including phenoxy) is 1. The zero-order valence-electron chi connectivity index (χ0n) is 14.6. The molecule has 1 amide bonds. The van der Waals surface area contributed by atoms with Crippen molar-refractivity contribution < 1.29 is 14.3 Å². The third kappa shape index (κ3) is 5.91. The molecule has 0 atom stereocenters. The van der Waals surface area contributed by atoms with Crippen molar-refractivity contribution in [1.82, 2.24) is 0 Å². The molecule has 0 saturated heterocycles. The fraction of sp³-hybridized carbons (Fsp3) is 0.211. The molecule has 0 radical (unpaired) electrons. The van der Waals surface area contributed by atoms with E-state index >= 15 is 0 Å². The summed E-state index contributed by atoms with van der Waals surface area (Å²) in [7, 11) is 0. The van der Waals surface area contributed by atoms with Crippen LogP contribution in [0.2, 0.25) is 10.0 Å². The number of rotatable bonds is 6. The number of benzene rings is 2. The maximum Gasteiger partial charge on any atom is 0.338 e. The van der Waals surface area contributed by atoms with Gasteiger partial charge in [0.2, 0.25) is 0 Å². The fourth-order valence-corrected chi connectivity index (χ4v) is 4.84. The summed E-state index contributed by atoms with van der Waals surface area (Å²) in [4.78, 5) is 28.9. The summed E-state index contributed by atoms with van der Waals surface area (Å²) >= 11 is 15.2. The minimum atomic E-state index is -0.547. The smallest absolute Gasteiger partial charge is 0.338 e. The number of anilines is 1. The molecule has 0 fully saturated rings. The summed E-state index contributed by atoms with van der Waals surface area (Å²) in [5.41, 5.74) is 1.68. The Labute approximate surface area is 181 Å². The SMILES string of the molecule is O=C(COC(=O)c1ccccc1CSC1=NCCS1)Nc1ccc(Cl)cc1Cl. The van der Waals surface area contributed by atoms with Gasteiger partial charge in [-0.1, -0.05) is 64.9 Å². The Hall–Kier alpha value is -1.67. The van der Waals surface area contributed by atoms with Gasteiger partial charge in [-0.3, -0.25) is 9.79 Å². The molecule has 0 aromatic heterocycles. The molecule has 0 aliphatic carbocycles. The van der Waals surface area contributed by atoms with E-state index in [1.54, 1.807) is 47.8 Å². The van der Waals surface area contributed by atoms with Crippen molar-refractivity contribution in [2.45, 2.75) is 5.75 Å². The summed E-state index contributed by atoms with van der Waals surface area (Å²) in [6.07, 6.45) is 0. The Kier molecular flexibility index (Phi) is 7.67. The summed E-state index contributed by atoms with van der Waals surface area (Å²) in [5, 5.41) is 3.36. The minimum absolute atomic E-state index is 0.308. The van der Waals surface area contributed by atoms with Gasteiger partial charge in [0.05, 0.1) is 22.8 Å². The number of hydrogen-bond acceptors (Lipinski definition) is 6. The predicted molar refractivity (Wildman–Crippen MR) is 118 cm³/mol. The second kappa shape index (κ2) is 10.2. The maximum atomic E-state index is 12.4. The Bertz CT molecular complexity index is 922. The van der Waals surface area contributed by atoms with Gasteiger partial charge in [-0.15, -0.1) is 0 Å². The topological polar surface area (TPSA) is 67.8 Å². The van der Waals surface area contributed by atoms with E-state index in [0.29, 0.717) is 27.0 Å². The van der Waals surface area contributed by atoms with E-state index in [1.165, 1.54) is 6.07 Å². The molecule has 28 heavy (non-hydrogen) atoms. The molecule has 2 aromatic carbocycles. The number of amides is 1. The highest BCUT2D eigenvalue weighted by atomic mass is 35.5. The largest absolute Gasteiger partial charge is 0.452 e. The summed E-state index contributed by atoms with van der Waals surface area (Å²) in [6.45, 7) is 0.422. The lowest BCUT2D eigenvalue weighted by Gasteiger charge is -2.10. The van der Waals surface area contributed by atoms with Gasteiger partial charge in [0.1, 0.15) is 4.38 Å². The standard InChI is InChI=1S/C19H16Cl2N2O3S2/c20-13-5-6-16(15(21)9-13)23-17(24)10-26-18(25)14-4-2-1-3-12(14)11-28-19-22-7-8-27-19/h1-6,9H,7-8,10-11H2,(H,23,24). The van der Waals surface area contributed by atoms with Crippen LogP contribution in [0.4, 0.5) is 5.69 Å². The number of aliphatic imine (C=N–C) groups is 1. The number of halogens is 2. The third-order valence-corrected chi connectivity index (χ3v) is 6.53. The van der Waals surface area contributed by atoms with Crippen molar-refractivity contribution >= 4 is 68.7 Å². The first-order chi connectivity index (χ1) is 13.5. The van der Waals surface area contributed by atoms with E-state index in [9.17, 15) is 9.59 Å². The molecule has 0 unspecified atom stereocenters. The van der Waals surface area contributed by atoms with Crippen molar-refractivity contribution in [3.05, 3.63) is 63.6 Å². The van der Waals surface area contributed by atoms with Crippen LogP contribution in [-0.4, -0.2) is 35.2 Å². The monoisotopic (exact) mass is 454 g/mol. The Morgan fingerprint density at radius 1 is 1.21 bits per heavy atom. The van der Waals surface area contributed by atoms with Crippen LogP contribution >= 0.6 is 46.7 Å². The number of nitrogens with one attached hydrogen (secondary N) is 1. The molecule has 0 saturated carbocycles. The molecule has 146 valence electrons. The van der Waals surface area contributed by atoms with E-state index in [1.807, 2.05) is 12.1 Å². The highest BCUT2D eigenvalue weighted by Gasteiger charge is 2.16. The molecule has 9 heteroatoms. The van der Waals surface area contributed by atoms with Crippen molar-refractivity contribution in [1.29, 1.82) is 0 Å². The van der Waals surface area contributed by atoms with Gasteiger partial charge in [-0.25, -0.2) is 4.79 Å². The first-order valence-electron chi connectivity index (χ1n) is 8.33. The fourth-order valence-electron chi connectivity index (χ4n) is 2.37. The van der Waals surface area contributed by atoms with E-state index in [2.05, 4.69) is 10.3 Å². The second-order valence-corrected chi connectivity index (χ2v) is 8.84. The third-order valence-electron chi connectivity index (χ3n) is 3.69. The van der Waals surface area contributed by atoms with Crippen LogP contribution < -0.4 is 5.32 Å². The summed E-state index contributed by atoms with van der Waals surface area (Å²) in [6, 6.07) is 11.9. The zero-order valence-corrected chi connectivity index (χ0v) is 17.8. The molecular weight excluding hydrogens is 439 g/mol. The van der Waals surface area contributed by atoms with Crippen LogP contribution in [0.25, 0.3) is 0 Å². The Morgan fingerprint density at radius 2 is 2.04 bits per heavy atom. The quantitative estimate of drug-likeness (QED) is 0.612. The first kappa shape index (κ1) is 21.0. The number of thioether (sulfide) groups is 2. The molecular formula is C19H16Cl2N2O3S2. The van der Waals surface area contributed by atoms with E-state index in [0.717, 1.165) is 22.2 Å². The van der Waals surface area contributed by atoms with Crippen LogP contribution in [0.15, 0.2) is 47.5 Å². The van der Waals surface area contributed by atoms with Crippen molar-refractivity contribution in [2.75, 3.05) is 24.2 Å². The van der Waals surface area contributed by atoms with Gasteiger partial charge in [-0.05, 0) is 29.8 Å². The molecule has 1 aliphatic rings. The van der Waals surface area contributed by atoms with Gasteiger partial charge in [0.15, 0.2) is 6.61 Å². The molecule has 0 bridgehead atoms. The summed E-state index contributed by atoms with van der Waals surface area (Å²) < 4.78 is 6.20. The normalized spacial score (nSPS) is 13.1. The van der Waals surface area contributed by atoms with Gasteiger partial charge < -0.3 is 10.1 Å². The van der Waals surface area contributed by atoms with Crippen LogP contribution in [0.1, 0.15) is 15.9 Å². The Morgan fingerprint density at radius 3 is 2.79 bits per heavy atom. The number of carbonyl (C=O) groups excluding carboxylic acids is 2. The zero-order chi connectivity index (χ0) is 19.9. The van der Waals surface area contributed by atoms with Crippen molar-refractivity contribution in [3.63, 3.8) is 0 Å². The van der Waals surface area contributed by atoms with Crippen LogP contribution in [-0.2, 0) is 15.3 Å². The number of carbonyl (C=O) groups is 2.